The molecule has 7 heteroatoms. The number of nitrogens with two attached hydrogens (primary N) is 1. The highest BCUT2D eigenvalue weighted by Gasteiger charge is 2.27. The first-order chi connectivity index (χ1) is 9.74. The molecule has 22 heavy (non-hydrogen) atoms. The van der Waals surface area contributed by atoms with E-state index in [4.69, 9.17) is 10.2 Å². The van der Waals surface area contributed by atoms with Crippen molar-refractivity contribution in [2.45, 2.75) is 38.3 Å². The SMILES string of the molecule is Cl.Cl.NCc1cc(C(=O)NC2CCN(CC3CC3)CC2)co1. The first-order valence-corrected chi connectivity index (χ1v) is 7.55. The van der Waals surface area contributed by atoms with E-state index in [0.717, 1.165) is 31.8 Å². The first-order valence-electron chi connectivity index (χ1n) is 7.55. The van der Waals surface area contributed by atoms with E-state index in [-0.39, 0.29) is 36.8 Å². The Morgan fingerprint density at radius 3 is 2.50 bits per heavy atom. The largest absolute Gasteiger partial charge is 0.467 e. The zero-order valence-electron chi connectivity index (χ0n) is 12.6. The molecule has 2 aliphatic rings. The number of carbonyl (C=O) groups is 1. The van der Waals surface area contributed by atoms with E-state index in [1.165, 1.54) is 25.6 Å². The van der Waals surface area contributed by atoms with Crippen molar-refractivity contribution in [2.75, 3.05) is 19.6 Å². The van der Waals surface area contributed by atoms with Crippen molar-refractivity contribution in [2.24, 2.45) is 11.7 Å². The van der Waals surface area contributed by atoms with Crippen molar-refractivity contribution < 1.29 is 9.21 Å². The Bertz CT molecular complexity index is 469. The summed E-state index contributed by atoms with van der Waals surface area (Å²) in [5.41, 5.74) is 6.05. The Kier molecular flexibility index (Phi) is 7.69. The number of nitrogens with zero attached hydrogens (tertiary/aromatic N) is 1. The number of nitrogens with one attached hydrogen (secondary N) is 1. The van der Waals surface area contributed by atoms with Gasteiger partial charge in [0.2, 0.25) is 0 Å². The molecule has 1 saturated heterocycles. The second kappa shape index (κ2) is 8.77. The average Bonchev–Trinajstić information content (AvgIpc) is 3.14. The highest BCUT2D eigenvalue weighted by atomic mass is 35.5. The smallest absolute Gasteiger partial charge is 0.254 e. The molecule has 1 aromatic rings. The minimum Gasteiger partial charge on any atom is -0.467 e. The number of piperidine rings is 1. The Hall–Kier alpha value is -0.750. The molecule has 1 amide bonds. The predicted molar refractivity (Wildman–Crippen MR) is 90.7 cm³/mol. The van der Waals surface area contributed by atoms with Crippen molar-refractivity contribution in [3.63, 3.8) is 0 Å². The molecule has 0 aromatic carbocycles. The van der Waals surface area contributed by atoms with Gasteiger partial charge in [-0.3, -0.25) is 4.79 Å². The van der Waals surface area contributed by atoms with Crippen molar-refractivity contribution >= 4 is 30.7 Å². The van der Waals surface area contributed by atoms with E-state index in [0.29, 0.717) is 17.9 Å². The van der Waals surface area contributed by atoms with Gasteiger partial charge in [0.05, 0.1) is 12.1 Å². The van der Waals surface area contributed by atoms with Gasteiger partial charge in [0.25, 0.3) is 5.91 Å². The Balaban J connectivity index is 0.00000121. The lowest BCUT2D eigenvalue weighted by Gasteiger charge is -2.32. The van der Waals surface area contributed by atoms with Gasteiger partial charge in [-0.05, 0) is 37.7 Å². The van der Waals surface area contributed by atoms with Crippen LogP contribution in [-0.4, -0.2) is 36.5 Å². The summed E-state index contributed by atoms with van der Waals surface area (Å²) in [6.45, 7) is 3.77. The van der Waals surface area contributed by atoms with Gasteiger partial charge in [0.1, 0.15) is 12.0 Å². The topological polar surface area (TPSA) is 71.5 Å². The maximum Gasteiger partial charge on any atom is 0.254 e. The van der Waals surface area contributed by atoms with E-state index in [2.05, 4.69) is 10.2 Å². The predicted octanol–water partition coefficient (Wildman–Crippen LogP) is 2.19. The molecule has 3 rings (SSSR count). The Morgan fingerprint density at radius 2 is 1.95 bits per heavy atom. The molecule has 126 valence electrons. The normalized spacial score (nSPS) is 19.1. The summed E-state index contributed by atoms with van der Waals surface area (Å²) in [7, 11) is 0. The van der Waals surface area contributed by atoms with Gasteiger partial charge in [-0.25, -0.2) is 0 Å². The molecule has 0 spiro atoms. The number of hydrogen-bond donors (Lipinski definition) is 2. The third-order valence-corrected chi connectivity index (χ3v) is 4.25. The van der Waals surface area contributed by atoms with Crippen LogP contribution in [-0.2, 0) is 6.54 Å². The number of likely N-dealkylation sites (tertiary alicyclic amines) is 1. The molecule has 3 N–H and O–H groups in total. The molecule has 1 aliphatic carbocycles. The maximum absolute atomic E-state index is 12.1. The lowest BCUT2D eigenvalue weighted by atomic mass is 10.0. The van der Waals surface area contributed by atoms with Crippen LogP contribution >= 0.6 is 24.8 Å². The highest BCUT2D eigenvalue weighted by Crippen LogP contribution is 2.30. The lowest BCUT2D eigenvalue weighted by molar-refractivity contribution is 0.0909. The first kappa shape index (κ1) is 19.3. The van der Waals surface area contributed by atoms with Gasteiger partial charge in [-0.2, -0.15) is 0 Å². The molecule has 5 nitrogen and oxygen atoms in total. The van der Waals surface area contributed by atoms with Gasteiger partial charge in [-0.15, -0.1) is 24.8 Å². The van der Waals surface area contributed by atoms with E-state index in [1.807, 2.05) is 0 Å². The third-order valence-electron chi connectivity index (χ3n) is 4.25. The van der Waals surface area contributed by atoms with Gasteiger partial charge in [0.15, 0.2) is 0 Å². The second-order valence-corrected chi connectivity index (χ2v) is 6.00. The maximum atomic E-state index is 12.1. The minimum absolute atomic E-state index is 0. The summed E-state index contributed by atoms with van der Waals surface area (Å²) in [6, 6.07) is 2.01. The van der Waals surface area contributed by atoms with Crippen LogP contribution in [0.25, 0.3) is 0 Å². The molecule has 1 saturated carbocycles. The molecule has 1 aliphatic heterocycles. The number of carbonyl (C=O) groups excluding carboxylic acids is 1. The van der Waals surface area contributed by atoms with Gasteiger partial charge < -0.3 is 20.4 Å². The van der Waals surface area contributed by atoms with Crippen LogP contribution in [0.1, 0.15) is 41.8 Å². The van der Waals surface area contributed by atoms with Crippen LogP contribution in [0.2, 0.25) is 0 Å². The fourth-order valence-corrected chi connectivity index (χ4v) is 2.80. The van der Waals surface area contributed by atoms with E-state index < -0.39 is 0 Å². The van der Waals surface area contributed by atoms with Gasteiger partial charge in [0, 0.05) is 25.7 Å². The molecular formula is C15H25Cl2N3O2. The molecule has 2 fully saturated rings. The molecular weight excluding hydrogens is 325 g/mol. The van der Waals surface area contributed by atoms with Crippen molar-refractivity contribution in [1.82, 2.24) is 10.2 Å². The number of rotatable bonds is 5. The van der Waals surface area contributed by atoms with Crippen LogP contribution in [0.4, 0.5) is 0 Å². The van der Waals surface area contributed by atoms with Gasteiger partial charge >= 0.3 is 0 Å². The standard InChI is InChI=1S/C15H23N3O2.2ClH/c16-8-14-7-12(10-20-14)15(19)17-13-3-5-18(6-4-13)9-11-1-2-11;;/h7,10-11,13H,1-6,8-9,16H2,(H,17,19);2*1H. The molecule has 2 heterocycles. The third kappa shape index (κ3) is 5.16. The van der Waals surface area contributed by atoms with Gasteiger partial charge in [-0.1, -0.05) is 0 Å². The van der Waals surface area contributed by atoms with Crippen LogP contribution in [0.15, 0.2) is 16.7 Å². The highest BCUT2D eigenvalue weighted by molar-refractivity contribution is 5.94. The minimum atomic E-state index is -0.0471. The van der Waals surface area contributed by atoms with E-state index in [1.54, 1.807) is 6.07 Å². The van der Waals surface area contributed by atoms with Crippen LogP contribution in [0, 0.1) is 5.92 Å². The van der Waals surface area contributed by atoms with Crippen LogP contribution in [0.3, 0.4) is 0 Å². The second-order valence-electron chi connectivity index (χ2n) is 6.00. The zero-order chi connectivity index (χ0) is 13.9. The monoisotopic (exact) mass is 349 g/mol. The average molecular weight is 350 g/mol. The summed E-state index contributed by atoms with van der Waals surface area (Å²) >= 11 is 0. The number of furan rings is 1. The number of halogens is 2. The summed E-state index contributed by atoms with van der Waals surface area (Å²) < 4.78 is 5.20. The number of hydrogen-bond acceptors (Lipinski definition) is 4. The van der Waals surface area contributed by atoms with E-state index in [9.17, 15) is 4.79 Å². The quantitative estimate of drug-likeness (QED) is 0.854. The van der Waals surface area contributed by atoms with Crippen molar-refractivity contribution in [1.29, 1.82) is 0 Å². The fourth-order valence-electron chi connectivity index (χ4n) is 2.80. The molecule has 0 radical (unpaired) electrons. The Labute approximate surface area is 143 Å². The van der Waals surface area contributed by atoms with E-state index >= 15 is 0 Å². The van der Waals surface area contributed by atoms with Crippen LogP contribution in [0.5, 0.6) is 0 Å². The summed E-state index contributed by atoms with van der Waals surface area (Å²) in [6.07, 6.45) is 6.38. The molecule has 0 bridgehead atoms. The summed E-state index contributed by atoms with van der Waals surface area (Å²) in [5.74, 6) is 1.55. The molecule has 0 unspecified atom stereocenters. The summed E-state index contributed by atoms with van der Waals surface area (Å²) in [5, 5.41) is 3.10. The van der Waals surface area contributed by atoms with Crippen molar-refractivity contribution in [3.8, 4) is 0 Å². The summed E-state index contributed by atoms with van der Waals surface area (Å²) in [4.78, 5) is 14.6. The number of amides is 1. The zero-order valence-corrected chi connectivity index (χ0v) is 14.3. The van der Waals surface area contributed by atoms with Crippen LogP contribution < -0.4 is 11.1 Å². The fraction of sp³-hybridized carbons (Fsp3) is 0.667. The Morgan fingerprint density at radius 1 is 1.27 bits per heavy atom. The molecule has 1 aromatic heterocycles. The molecule has 0 atom stereocenters. The lowest BCUT2D eigenvalue weighted by Crippen LogP contribution is -2.45. The van der Waals surface area contributed by atoms with Crippen molar-refractivity contribution in [3.05, 3.63) is 23.7 Å².